The molecule has 1 rings (SSSR count). The van der Waals surface area contributed by atoms with Crippen LogP contribution in [-0.4, -0.2) is 20.3 Å². The van der Waals surface area contributed by atoms with Gasteiger partial charge in [0.05, 0.1) is 12.1 Å². The minimum atomic E-state index is 0.216. The molecule has 0 fully saturated rings. The SMILES string of the molecule is COc1ccc(CCN)cc1OCC(Cl)=CCl. The molecule has 5 heteroatoms. The molecule has 0 atom stereocenters. The van der Waals surface area contributed by atoms with E-state index in [0.717, 1.165) is 12.0 Å². The second-order valence-corrected chi connectivity index (χ2v) is 4.07. The molecular weight excluding hydrogens is 261 g/mol. The molecule has 0 saturated carbocycles. The number of ether oxygens (including phenoxy) is 2. The topological polar surface area (TPSA) is 44.5 Å². The van der Waals surface area contributed by atoms with Gasteiger partial charge in [-0.1, -0.05) is 29.3 Å². The Morgan fingerprint density at radius 3 is 2.76 bits per heavy atom. The highest BCUT2D eigenvalue weighted by atomic mass is 35.5. The maximum atomic E-state index is 5.75. The van der Waals surface area contributed by atoms with E-state index in [1.54, 1.807) is 7.11 Å². The molecule has 94 valence electrons. The molecule has 0 aliphatic carbocycles. The smallest absolute Gasteiger partial charge is 0.161 e. The van der Waals surface area contributed by atoms with Gasteiger partial charge in [0, 0.05) is 5.54 Å². The van der Waals surface area contributed by atoms with Gasteiger partial charge < -0.3 is 15.2 Å². The van der Waals surface area contributed by atoms with Crippen molar-refractivity contribution in [3.8, 4) is 11.5 Å². The largest absolute Gasteiger partial charge is 0.493 e. The van der Waals surface area contributed by atoms with Crippen LogP contribution < -0.4 is 15.2 Å². The van der Waals surface area contributed by atoms with Crippen LogP contribution in [0.3, 0.4) is 0 Å². The van der Waals surface area contributed by atoms with Crippen molar-refractivity contribution in [3.63, 3.8) is 0 Å². The van der Waals surface area contributed by atoms with Crippen LogP contribution >= 0.6 is 23.2 Å². The summed E-state index contributed by atoms with van der Waals surface area (Å²) >= 11 is 11.2. The first kappa shape index (κ1) is 14.2. The predicted octanol–water partition coefficient (Wildman–Crippen LogP) is 2.89. The summed E-state index contributed by atoms with van der Waals surface area (Å²) in [6.45, 7) is 0.807. The molecule has 17 heavy (non-hydrogen) atoms. The fourth-order valence-corrected chi connectivity index (χ4v) is 1.45. The molecule has 0 unspecified atom stereocenters. The third kappa shape index (κ3) is 4.46. The molecule has 0 aliphatic rings. The number of rotatable bonds is 6. The molecule has 0 bridgehead atoms. The number of nitrogens with two attached hydrogens (primary N) is 1. The molecule has 0 amide bonds. The zero-order chi connectivity index (χ0) is 12.7. The van der Waals surface area contributed by atoms with E-state index in [9.17, 15) is 0 Å². The van der Waals surface area contributed by atoms with Gasteiger partial charge >= 0.3 is 0 Å². The minimum Gasteiger partial charge on any atom is -0.493 e. The second-order valence-electron chi connectivity index (χ2n) is 3.37. The molecule has 1 aromatic rings. The lowest BCUT2D eigenvalue weighted by atomic mass is 10.1. The summed E-state index contributed by atoms with van der Waals surface area (Å²) in [4.78, 5) is 0. The molecule has 0 saturated heterocycles. The van der Waals surface area contributed by atoms with Gasteiger partial charge in [-0.15, -0.1) is 0 Å². The number of hydrogen-bond donors (Lipinski definition) is 1. The molecule has 0 spiro atoms. The van der Waals surface area contributed by atoms with Crippen molar-refractivity contribution in [2.45, 2.75) is 6.42 Å². The van der Waals surface area contributed by atoms with E-state index in [1.807, 2.05) is 18.2 Å². The maximum Gasteiger partial charge on any atom is 0.161 e. The first-order valence-electron chi connectivity index (χ1n) is 5.15. The zero-order valence-corrected chi connectivity index (χ0v) is 11.1. The van der Waals surface area contributed by atoms with Gasteiger partial charge in [0.15, 0.2) is 11.5 Å². The summed E-state index contributed by atoms with van der Waals surface area (Å²) in [6.07, 6.45) is 0.791. The van der Waals surface area contributed by atoms with Crippen molar-refractivity contribution in [2.75, 3.05) is 20.3 Å². The molecular formula is C12H15Cl2NO2. The average Bonchev–Trinajstić information content (AvgIpc) is 2.36. The van der Waals surface area contributed by atoms with Crippen LogP contribution in [0.15, 0.2) is 28.8 Å². The molecule has 1 aromatic carbocycles. The van der Waals surface area contributed by atoms with E-state index >= 15 is 0 Å². The minimum absolute atomic E-state index is 0.216. The Morgan fingerprint density at radius 1 is 1.41 bits per heavy atom. The van der Waals surface area contributed by atoms with Gasteiger partial charge in [-0.05, 0) is 30.7 Å². The summed E-state index contributed by atoms with van der Waals surface area (Å²) in [5.41, 5.74) is 7.87. The number of halogens is 2. The maximum absolute atomic E-state index is 5.75. The van der Waals surface area contributed by atoms with E-state index in [0.29, 0.717) is 23.1 Å². The molecule has 3 nitrogen and oxygen atoms in total. The number of benzene rings is 1. The Balaban J connectivity index is 2.82. The van der Waals surface area contributed by atoms with Crippen LogP contribution in [0.5, 0.6) is 11.5 Å². The standard InChI is InChI=1S/C12H15Cl2NO2/c1-16-11-3-2-9(4-5-15)6-12(11)17-8-10(14)7-13/h2-3,6-7H,4-5,8,15H2,1H3. The van der Waals surface area contributed by atoms with Crippen molar-refractivity contribution in [1.82, 2.24) is 0 Å². The first-order chi connectivity index (χ1) is 8.21. The molecule has 0 aliphatic heterocycles. The quantitative estimate of drug-likeness (QED) is 0.868. The van der Waals surface area contributed by atoms with E-state index in [2.05, 4.69) is 0 Å². The molecule has 0 radical (unpaired) electrons. The van der Waals surface area contributed by atoms with E-state index in [1.165, 1.54) is 5.54 Å². The van der Waals surface area contributed by atoms with Crippen LogP contribution in [0.1, 0.15) is 5.56 Å². The summed E-state index contributed by atoms with van der Waals surface area (Å²) in [5, 5.41) is 0.429. The van der Waals surface area contributed by atoms with E-state index in [4.69, 9.17) is 38.4 Å². The van der Waals surface area contributed by atoms with Gasteiger partial charge in [0.1, 0.15) is 6.61 Å². The van der Waals surface area contributed by atoms with Crippen LogP contribution in [0.4, 0.5) is 0 Å². The van der Waals surface area contributed by atoms with Crippen molar-refractivity contribution >= 4 is 23.2 Å². The number of hydrogen-bond acceptors (Lipinski definition) is 3. The molecule has 2 N–H and O–H groups in total. The monoisotopic (exact) mass is 275 g/mol. The molecule has 0 aromatic heterocycles. The fourth-order valence-electron chi connectivity index (χ4n) is 1.33. The lowest BCUT2D eigenvalue weighted by molar-refractivity contribution is 0.323. The van der Waals surface area contributed by atoms with Gasteiger partial charge in [-0.25, -0.2) is 0 Å². The van der Waals surface area contributed by atoms with Crippen molar-refractivity contribution < 1.29 is 9.47 Å². The summed E-state index contributed by atoms with van der Waals surface area (Å²) in [7, 11) is 1.59. The summed E-state index contributed by atoms with van der Waals surface area (Å²) < 4.78 is 10.7. The highest BCUT2D eigenvalue weighted by Gasteiger charge is 2.06. The van der Waals surface area contributed by atoms with Crippen molar-refractivity contribution in [2.24, 2.45) is 5.73 Å². The molecule has 0 heterocycles. The Kier molecular flexibility index (Phi) is 6.19. The van der Waals surface area contributed by atoms with Crippen LogP contribution in [0.2, 0.25) is 0 Å². The average molecular weight is 276 g/mol. The highest BCUT2D eigenvalue weighted by molar-refractivity contribution is 6.36. The Morgan fingerprint density at radius 2 is 2.18 bits per heavy atom. The summed E-state index contributed by atoms with van der Waals surface area (Å²) in [5.74, 6) is 1.29. The summed E-state index contributed by atoms with van der Waals surface area (Å²) in [6, 6.07) is 5.69. The normalized spacial score (nSPS) is 11.4. The first-order valence-corrected chi connectivity index (χ1v) is 5.97. The van der Waals surface area contributed by atoms with Crippen molar-refractivity contribution in [1.29, 1.82) is 0 Å². The van der Waals surface area contributed by atoms with E-state index < -0.39 is 0 Å². The lowest BCUT2D eigenvalue weighted by Gasteiger charge is -2.11. The predicted molar refractivity (Wildman–Crippen MR) is 71.0 cm³/mol. The Labute approximate surface area is 111 Å². The van der Waals surface area contributed by atoms with Gasteiger partial charge in [0.25, 0.3) is 0 Å². The van der Waals surface area contributed by atoms with E-state index in [-0.39, 0.29) is 6.61 Å². The third-order valence-corrected chi connectivity index (χ3v) is 2.74. The van der Waals surface area contributed by atoms with Crippen LogP contribution in [-0.2, 0) is 6.42 Å². The highest BCUT2D eigenvalue weighted by Crippen LogP contribution is 2.28. The van der Waals surface area contributed by atoms with Gasteiger partial charge in [0.2, 0.25) is 0 Å². The zero-order valence-electron chi connectivity index (χ0n) is 9.58. The third-order valence-electron chi connectivity index (χ3n) is 2.15. The fraction of sp³-hybridized carbons (Fsp3) is 0.333. The van der Waals surface area contributed by atoms with Crippen LogP contribution in [0, 0.1) is 0 Å². The van der Waals surface area contributed by atoms with Gasteiger partial charge in [-0.3, -0.25) is 0 Å². The Bertz CT molecular complexity index is 394. The van der Waals surface area contributed by atoms with Gasteiger partial charge in [-0.2, -0.15) is 0 Å². The van der Waals surface area contributed by atoms with Crippen molar-refractivity contribution in [3.05, 3.63) is 34.3 Å². The second kappa shape index (κ2) is 7.43. The number of methoxy groups -OCH3 is 1. The Hall–Kier alpha value is -0.900. The van der Waals surface area contributed by atoms with Crippen LogP contribution in [0.25, 0.3) is 0 Å². The lowest BCUT2D eigenvalue weighted by Crippen LogP contribution is -2.04.